The number of alkyl halides is 3. The van der Waals surface area contributed by atoms with Crippen LogP contribution in [0.3, 0.4) is 0 Å². The van der Waals surface area contributed by atoms with Gasteiger partial charge in [0.25, 0.3) is 0 Å². The van der Waals surface area contributed by atoms with Gasteiger partial charge in [0.05, 0.1) is 17.0 Å². The molecular formula is C24H26F3N5OS. The maximum atomic E-state index is 13.0. The normalized spacial score (nSPS) is 14.5. The van der Waals surface area contributed by atoms with Crippen LogP contribution >= 0.6 is 11.8 Å². The molecule has 1 fully saturated rings. The monoisotopic (exact) mass is 489 g/mol. The van der Waals surface area contributed by atoms with Crippen LogP contribution in [0.2, 0.25) is 0 Å². The van der Waals surface area contributed by atoms with E-state index in [9.17, 15) is 18.0 Å². The van der Waals surface area contributed by atoms with E-state index in [1.54, 1.807) is 11.0 Å². The molecule has 1 aliphatic rings. The number of hydrogen-bond donors (Lipinski definition) is 0. The van der Waals surface area contributed by atoms with E-state index in [1.807, 2.05) is 42.4 Å². The maximum Gasteiger partial charge on any atom is 0.416 e. The van der Waals surface area contributed by atoms with E-state index >= 15 is 0 Å². The van der Waals surface area contributed by atoms with Crippen molar-refractivity contribution in [2.45, 2.75) is 32.1 Å². The second-order valence-electron chi connectivity index (χ2n) is 8.36. The van der Waals surface area contributed by atoms with E-state index in [-0.39, 0.29) is 11.7 Å². The topological polar surface area (TPSA) is 54.3 Å². The number of rotatable bonds is 5. The van der Waals surface area contributed by atoms with Gasteiger partial charge in [-0.2, -0.15) is 13.2 Å². The lowest BCUT2D eigenvalue weighted by atomic mass is 10.1. The molecule has 0 radical (unpaired) electrons. The SMILES string of the molecule is Cc1ccc(C)c(-n2c(C)nnc2SCC(=O)N2CCN(c3cccc(C(F)(F)F)c3)CC2)c1. The third-order valence-electron chi connectivity index (χ3n) is 5.90. The first-order chi connectivity index (χ1) is 16.1. The lowest BCUT2D eigenvalue weighted by Crippen LogP contribution is -2.49. The van der Waals surface area contributed by atoms with Gasteiger partial charge < -0.3 is 9.80 Å². The van der Waals surface area contributed by atoms with Crippen molar-refractivity contribution in [3.63, 3.8) is 0 Å². The van der Waals surface area contributed by atoms with Gasteiger partial charge in [-0.1, -0.05) is 30.0 Å². The lowest BCUT2D eigenvalue weighted by Gasteiger charge is -2.36. The van der Waals surface area contributed by atoms with Gasteiger partial charge in [-0.25, -0.2) is 0 Å². The molecule has 2 heterocycles. The van der Waals surface area contributed by atoms with Crippen LogP contribution in [0.4, 0.5) is 18.9 Å². The van der Waals surface area contributed by atoms with Crippen LogP contribution in [-0.2, 0) is 11.0 Å². The van der Waals surface area contributed by atoms with Gasteiger partial charge in [0, 0.05) is 31.9 Å². The highest BCUT2D eigenvalue weighted by molar-refractivity contribution is 7.99. The minimum atomic E-state index is -4.37. The molecule has 2 aromatic carbocycles. The maximum absolute atomic E-state index is 13.0. The van der Waals surface area contributed by atoms with E-state index in [2.05, 4.69) is 16.3 Å². The zero-order valence-electron chi connectivity index (χ0n) is 19.3. The highest BCUT2D eigenvalue weighted by atomic mass is 32.2. The van der Waals surface area contributed by atoms with Crippen LogP contribution in [0, 0.1) is 20.8 Å². The van der Waals surface area contributed by atoms with Crippen LogP contribution in [0.25, 0.3) is 5.69 Å². The van der Waals surface area contributed by atoms with Crippen molar-refractivity contribution < 1.29 is 18.0 Å². The summed E-state index contributed by atoms with van der Waals surface area (Å²) in [5, 5.41) is 9.12. The van der Waals surface area contributed by atoms with Crippen LogP contribution in [0.1, 0.15) is 22.5 Å². The summed E-state index contributed by atoms with van der Waals surface area (Å²) < 4.78 is 41.0. The van der Waals surface area contributed by atoms with E-state index in [0.717, 1.165) is 34.8 Å². The summed E-state index contributed by atoms with van der Waals surface area (Å²) in [6.07, 6.45) is -4.37. The standard InChI is InChI=1S/C24H26F3N5OS/c1-16-7-8-17(2)21(13-16)32-18(3)28-29-23(32)34-15-22(33)31-11-9-30(10-12-31)20-6-4-5-19(14-20)24(25,26)27/h4-8,13-14H,9-12,15H2,1-3H3. The van der Waals surface area contributed by atoms with Gasteiger partial charge >= 0.3 is 6.18 Å². The molecule has 1 aliphatic heterocycles. The molecule has 0 N–H and O–H groups in total. The quantitative estimate of drug-likeness (QED) is 0.489. The van der Waals surface area contributed by atoms with Gasteiger partial charge in [-0.3, -0.25) is 9.36 Å². The van der Waals surface area contributed by atoms with Gasteiger partial charge in [-0.05, 0) is 56.2 Å². The Kier molecular flexibility index (Phi) is 6.88. The average Bonchev–Trinajstić information content (AvgIpc) is 3.18. The Balaban J connectivity index is 1.38. The fourth-order valence-electron chi connectivity index (χ4n) is 3.98. The number of nitrogens with zero attached hydrogens (tertiary/aromatic N) is 5. The number of hydrogen-bond acceptors (Lipinski definition) is 5. The average molecular weight is 490 g/mol. The first-order valence-electron chi connectivity index (χ1n) is 11.0. The molecule has 34 heavy (non-hydrogen) atoms. The Morgan fingerprint density at radius 1 is 1.00 bits per heavy atom. The van der Waals surface area contributed by atoms with Gasteiger partial charge in [0.15, 0.2) is 5.16 Å². The summed E-state index contributed by atoms with van der Waals surface area (Å²) in [7, 11) is 0. The third-order valence-corrected chi connectivity index (χ3v) is 6.81. The van der Waals surface area contributed by atoms with Crippen molar-refractivity contribution in [3.05, 3.63) is 65.0 Å². The highest BCUT2D eigenvalue weighted by Gasteiger charge is 2.31. The molecule has 4 rings (SSSR count). The number of carbonyl (C=O) groups is 1. The molecule has 1 saturated heterocycles. The smallest absolute Gasteiger partial charge is 0.368 e. The Morgan fingerprint density at radius 2 is 1.74 bits per heavy atom. The largest absolute Gasteiger partial charge is 0.416 e. The van der Waals surface area contributed by atoms with Crippen molar-refractivity contribution in [3.8, 4) is 5.69 Å². The van der Waals surface area contributed by atoms with Gasteiger partial charge in [-0.15, -0.1) is 10.2 Å². The number of aryl methyl sites for hydroxylation is 3. The molecule has 3 aromatic rings. The van der Waals surface area contributed by atoms with E-state index in [0.29, 0.717) is 37.0 Å². The number of aromatic nitrogens is 3. The first-order valence-corrected chi connectivity index (χ1v) is 11.9. The highest BCUT2D eigenvalue weighted by Crippen LogP contribution is 2.32. The summed E-state index contributed by atoms with van der Waals surface area (Å²) >= 11 is 1.34. The van der Waals surface area contributed by atoms with E-state index in [1.165, 1.54) is 17.8 Å². The summed E-state index contributed by atoms with van der Waals surface area (Å²) in [6, 6.07) is 11.5. The predicted octanol–water partition coefficient (Wildman–Crippen LogP) is 4.65. The summed E-state index contributed by atoms with van der Waals surface area (Å²) in [5.41, 5.74) is 3.07. The van der Waals surface area contributed by atoms with Crippen LogP contribution < -0.4 is 4.90 Å². The Bertz CT molecular complexity index is 1190. The minimum Gasteiger partial charge on any atom is -0.368 e. The molecule has 0 saturated carbocycles. The lowest BCUT2D eigenvalue weighted by molar-refractivity contribution is -0.137. The third kappa shape index (κ3) is 5.22. The molecule has 1 amide bonds. The summed E-state index contributed by atoms with van der Waals surface area (Å²) in [4.78, 5) is 16.5. The number of carbonyl (C=O) groups excluding carboxylic acids is 1. The number of benzene rings is 2. The molecule has 10 heteroatoms. The van der Waals surface area contributed by atoms with Crippen molar-refractivity contribution in [2.75, 3.05) is 36.8 Å². The van der Waals surface area contributed by atoms with E-state index in [4.69, 9.17) is 0 Å². The Labute approximate surface area is 200 Å². The number of piperazine rings is 1. The van der Waals surface area contributed by atoms with Crippen LogP contribution in [-0.4, -0.2) is 57.5 Å². The molecule has 1 aromatic heterocycles. The number of amides is 1. The Morgan fingerprint density at radius 3 is 2.44 bits per heavy atom. The second kappa shape index (κ2) is 9.69. The van der Waals surface area contributed by atoms with Crippen LogP contribution in [0.5, 0.6) is 0 Å². The fourth-order valence-corrected chi connectivity index (χ4v) is 4.88. The fraction of sp³-hybridized carbons (Fsp3) is 0.375. The summed E-state index contributed by atoms with van der Waals surface area (Å²) in [6.45, 7) is 7.81. The predicted molar refractivity (Wildman–Crippen MR) is 127 cm³/mol. The molecular weight excluding hydrogens is 463 g/mol. The molecule has 0 aliphatic carbocycles. The second-order valence-corrected chi connectivity index (χ2v) is 9.30. The zero-order valence-corrected chi connectivity index (χ0v) is 20.1. The van der Waals surface area contributed by atoms with Crippen molar-refractivity contribution in [2.24, 2.45) is 0 Å². The molecule has 0 bridgehead atoms. The molecule has 0 atom stereocenters. The van der Waals surface area contributed by atoms with Crippen molar-refractivity contribution in [1.29, 1.82) is 0 Å². The van der Waals surface area contributed by atoms with Gasteiger partial charge in [0.1, 0.15) is 5.82 Å². The summed E-state index contributed by atoms with van der Waals surface area (Å²) in [5.74, 6) is 0.937. The van der Waals surface area contributed by atoms with Gasteiger partial charge in [0.2, 0.25) is 5.91 Å². The minimum absolute atomic E-state index is 0.0261. The molecule has 180 valence electrons. The Hall–Kier alpha value is -3.01. The number of halogens is 3. The molecule has 0 spiro atoms. The number of anilines is 1. The van der Waals surface area contributed by atoms with Crippen LogP contribution in [0.15, 0.2) is 47.6 Å². The zero-order chi connectivity index (χ0) is 24.5. The molecule has 6 nitrogen and oxygen atoms in total. The van der Waals surface area contributed by atoms with Crippen molar-refractivity contribution in [1.82, 2.24) is 19.7 Å². The number of thioether (sulfide) groups is 1. The van der Waals surface area contributed by atoms with E-state index < -0.39 is 11.7 Å². The molecule has 0 unspecified atom stereocenters. The van der Waals surface area contributed by atoms with Crippen molar-refractivity contribution >= 4 is 23.4 Å². The first kappa shape index (κ1) is 24.1.